The SMILES string of the molecule is CCC(C)(CCO)NC(=O)Nc1cc(Br)ccc1F. The fourth-order valence-corrected chi connectivity index (χ4v) is 1.96. The molecule has 106 valence electrons. The van der Waals surface area contributed by atoms with Crippen molar-refractivity contribution in [1.82, 2.24) is 5.32 Å². The normalized spacial score (nSPS) is 13.7. The summed E-state index contributed by atoms with van der Waals surface area (Å²) in [6.45, 7) is 3.73. The highest BCUT2D eigenvalue weighted by Gasteiger charge is 2.23. The number of urea groups is 1. The minimum atomic E-state index is -0.513. The maximum absolute atomic E-state index is 13.5. The first-order valence-corrected chi connectivity index (χ1v) is 6.84. The van der Waals surface area contributed by atoms with Crippen molar-refractivity contribution in [3.05, 3.63) is 28.5 Å². The number of anilines is 1. The van der Waals surface area contributed by atoms with Crippen LogP contribution in [0.5, 0.6) is 0 Å². The number of rotatable bonds is 5. The molecule has 0 saturated heterocycles. The summed E-state index contributed by atoms with van der Waals surface area (Å²) in [7, 11) is 0. The van der Waals surface area contributed by atoms with Crippen molar-refractivity contribution in [2.45, 2.75) is 32.2 Å². The zero-order valence-electron chi connectivity index (χ0n) is 11.0. The van der Waals surface area contributed by atoms with Gasteiger partial charge in [0.05, 0.1) is 5.69 Å². The number of amides is 2. The second-order valence-electron chi connectivity index (χ2n) is 4.59. The molecular weight excluding hydrogens is 315 g/mol. The molecule has 3 N–H and O–H groups in total. The topological polar surface area (TPSA) is 61.4 Å². The third kappa shape index (κ3) is 4.80. The van der Waals surface area contributed by atoms with E-state index >= 15 is 0 Å². The minimum absolute atomic E-state index is 0.0180. The predicted octanol–water partition coefficient (Wildman–Crippen LogP) is 3.26. The number of hydrogen-bond donors (Lipinski definition) is 3. The van der Waals surface area contributed by atoms with Gasteiger partial charge in [0.25, 0.3) is 0 Å². The maximum atomic E-state index is 13.5. The van der Waals surface area contributed by atoms with Crippen molar-refractivity contribution < 1.29 is 14.3 Å². The van der Waals surface area contributed by atoms with Crippen LogP contribution >= 0.6 is 15.9 Å². The van der Waals surface area contributed by atoms with Crippen molar-refractivity contribution in [3.8, 4) is 0 Å². The van der Waals surface area contributed by atoms with Crippen LogP contribution in [-0.4, -0.2) is 23.3 Å². The number of nitrogens with one attached hydrogen (secondary N) is 2. The Balaban J connectivity index is 2.72. The van der Waals surface area contributed by atoms with Crippen LogP contribution in [0, 0.1) is 5.82 Å². The molecule has 0 spiro atoms. The molecule has 1 unspecified atom stereocenters. The quantitative estimate of drug-likeness (QED) is 0.775. The predicted molar refractivity (Wildman–Crippen MR) is 76.7 cm³/mol. The Labute approximate surface area is 120 Å². The Morgan fingerprint density at radius 3 is 2.79 bits per heavy atom. The largest absolute Gasteiger partial charge is 0.396 e. The smallest absolute Gasteiger partial charge is 0.319 e. The number of carbonyl (C=O) groups is 1. The summed E-state index contributed by atoms with van der Waals surface area (Å²) in [6.07, 6.45) is 1.11. The zero-order valence-corrected chi connectivity index (χ0v) is 12.6. The van der Waals surface area contributed by atoms with Crippen LogP contribution in [0.1, 0.15) is 26.7 Å². The first-order valence-electron chi connectivity index (χ1n) is 6.05. The van der Waals surface area contributed by atoms with Gasteiger partial charge < -0.3 is 15.7 Å². The van der Waals surface area contributed by atoms with Gasteiger partial charge in [0, 0.05) is 16.6 Å². The molecule has 1 atom stereocenters. The highest BCUT2D eigenvalue weighted by molar-refractivity contribution is 9.10. The lowest BCUT2D eigenvalue weighted by molar-refractivity contribution is 0.208. The number of benzene rings is 1. The molecule has 0 radical (unpaired) electrons. The molecule has 0 saturated carbocycles. The lowest BCUT2D eigenvalue weighted by Crippen LogP contribution is -2.48. The van der Waals surface area contributed by atoms with Crippen LogP contribution < -0.4 is 10.6 Å². The Bertz CT molecular complexity index is 456. The van der Waals surface area contributed by atoms with E-state index in [1.807, 2.05) is 13.8 Å². The van der Waals surface area contributed by atoms with Gasteiger partial charge in [-0.3, -0.25) is 0 Å². The van der Waals surface area contributed by atoms with E-state index in [1.54, 1.807) is 6.07 Å². The number of aliphatic hydroxyl groups is 1. The van der Waals surface area contributed by atoms with E-state index in [1.165, 1.54) is 12.1 Å². The zero-order chi connectivity index (χ0) is 14.5. The number of hydrogen-bond acceptors (Lipinski definition) is 2. The molecule has 0 aliphatic carbocycles. The molecule has 1 rings (SSSR count). The van der Waals surface area contributed by atoms with Crippen molar-refractivity contribution in [2.75, 3.05) is 11.9 Å². The molecule has 2 amide bonds. The summed E-state index contributed by atoms with van der Waals surface area (Å²) in [6, 6.07) is 3.83. The summed E-state index contributed by atoms with van der Waals surface area (Å²) in [4.78, 5) is 11.8. The van der Waals surface area contributed by atoms with Gasteiger partial charge in [-0.2, -0.15) is 0 Å². The Hall–Kier alpha value is -1.14. The van der Waals surface area contributed by atoms with Crippen LogP contribution in [0.15, 0.2) is 22.7 Å². The highest BCUT2D eigenvalue weighted by Crippen LogP contribution is 2.20. The van der Waals surface area contributed by atoms with E-state index in [0.717, 1.165) is 0 Å². The summed E-state index contributed by atoms with van der Waals surface area (Å²) in [5, 5.41) is 14.2. The van der Waals surface area contributed by atoms with Crippen molar-refractivity contribution in [3.63, 3.8) is 0 Å². The average Bonchev–Trinajstić information content (AvgIpc) is 2.34. The highest BCUT2D eigenvalue weighted by atomic mass is 79.9. The lowest BCUT2D eigenvalue weighted by atomic mass is 9.95. The third-order valence-corrected chi connectivity index (χ3v) is 3.53. The standard InChI is InChI=1S/C13H18BrFN2O2/c1-3-13(2,6-7-18)17-12(19)16-11-8-9(14)4-5-10(11)15/h4-5,8,18H,3,6-7H2,1-2H3,(H2,16,17,19). The fourth-order valence-electron chi connectivity index (χ4n) is 1.60. The van der Waals surface area contributed by atoms with Gasteiger partial charge in [0.15, 0.2) is 0 Å². The molecule has 1 aromatic rings. The first-order chi connectivity index (χ1) is 8.90. The molecule has 1 aromatic carbocycles. The van der Waals surface area contributed by atoms with Gasteiger partial charge in [-0.25, -0.2) is 9.18 Å². The molecule has 0 aromatic heterocycles. The first kappa shape index (κ1) is 15.9. The third-order valence-electron chi connectivity index (χ3n) is 3.04. The average molecular weight is 333 g/mol. The van der Waals surface area contributed by atoms with Crippen LogP contribution in [0.3, 0.4) is 0 Å². The summed E-state index contributed by atoms with van der Waals surface area (Å²) >= 11 is 3.21. The van der Waals surface area contributed by atoms with E-state index in [9.17, 15) is 9.18 Å². The lowest BCUT2D eigenvalue weighted by Gasteiger charge is -2.29. The minimum Gasteiger partial charge on any atom is -0.396 e. The molecule has 0 bridgehead atoms. The van der Waals surface area contributed by atoms with Crippen LogP contribution in [-0.2, 0) is 0 Å². The number of halogens is 2. The van der Waals surface area contributed by atoms with Gasteiger partial charge in [-0.15, -0.1) is 0 Å². The Kier molecular flexibility index (Phi) is 5.75. The molecule has 0 aliphatic rings. The summed E-state index contributed by atoms with van der Waals surface area (Å²) in [5.41, 5.74) is -0.407. The van der Waals surface area contributed by atoms with E-state index < -0.39 is 17.4 Å². The molecule has 19 heavy (non-hydrogen) atoms. The summed E-state index contributed by atoms with van der Waals surface area (Å²) in [5.74, 6) is -0.501. The Morgan fingerprint density at radius 2 is 2.21 bits per heavy atom. The molecular formula is C13H18BrFN2O2. The van der Waals surface area contributed by atoms with Gasteiger partial charge in [-0.05, 0) is 38.0 Å². The van der Waals surface area contributed by atoms with E-state index in [2.05, 4.69) is 26.6 Å². The second-order valence-corrected chi connectivity index (χ2v) is 5.51. The van der Waals surface area contributed by atoms with Crippen molar-refractivity contribution in [1.29, 1.82) is 0 Å². The van der Waals surface area contributed by atoms with Gasteiger partial charge in [0.1, 0.15) is 5.82 Å². The van der Waals surface area contributed by atoms with E-state index in [4.69, 9.17) is 5.11 Å². The van der Waals surface area contributed by atoms with Gasteiger partial charge in [0.2, 0.25) is 0 Å². The van der Waals surface area contributed by atoms with Crippen LogP contribution in [0.4, 0.5) is 14.9 Å². The van der Waals surface area contributed by atoms with Gasteiger partial charge >= 0.3 is 6.03 Å². The number of aliphatic hydroxyl groups excluding tert-OH is 1. The van der Waals surface area contributed by atoms with Crippen molar-refractivity contribution >= 4 is 27.6 Å². The maximum Gasteiger partial charge on any atom is 0.319 e. The Morgan fingerprint density at radius 1 is 1.53 bits per heavy atom. The second kappa shape index (κ2) is 6.86. The number of carbonyl (C=O) groups excluding carboxylic acids is 1. The van der Waals surface area contributed by atoms with Gasteiger partial charge in [-0.1, -0.05) is 22.9 Å². The molecule has 0 fully saturated rings. The van der Waals surface area contributed by atoms with Crippen LogP contribution in [0.2, 0.25) is 0 Å². The molecule has 6 heteroatoms. The molecule has 0 heterocycles. The molecule has 4 nitrogen and oxygen atoms in total. The van der Waals surface area contributed by atoms with E-state index in [-0.39, 0.29) is 12.3 Å². The summed E-state index contributed by atoms with van der Waals surface area (Å²) < 4.78 is 14.2. The molecule has 0 aliphatic heterocycles. The fraction of sp³-hybridized carbons (Fsp3) is 0.462. The van der Waals surface area contributed by atoms with Crippen LogP contribution in [0.25, 0.3) is 0 Å². The monoisotopic (exact) mass is 332 g/mol. The van der Waals surface area contributed by atoms with E-state index in [0.29, 0.717) is 17.3 Å². The van der Waals surface area contributed by atoms with Crippen molar-refractivity contribution in [2.24, 2.45) is 0 Å².